The molecule has 0 saturated carbocycles. The molecule has 0 bridgehead atoms. The van der Waals surface area contributed by atoms with Crippen molar-refractivity contribution >= 4 is 0 Å². The monoisotopic (exact) mass is 261 g/mol. The zero-order chi connectivity index (χ0) is 13.7. The van der Waals surface area contributed by atoms with Crippen LogP contribution in [0.1, 0.15) is 16.7 Å². The van der Waals surface area contributed by atoms with Gasteiger partial charge in [-0.25, -0.2) is 0 Å². The second-order valence-corrected chi connectivity index (χ2v) is 5.72. The molecule has 1 unspecified atom stereocenters. The average molecular weight is 261 g/mol. The molecule has 0 spiro atoms. The van der Waals surface area contributed by atoms with E-state index in [1.165, 1.54) is 16.7 Å². The molecule has 1 aliphatic heterocycles. The van der Waals surface area contributed by atoms with Crippen LogP contribution in [0.2, 0.25) is 0 Å². The zero-order valence-electron chi connectivity index (χ0n) is 12.5. The quantitative estimate of drug-likeness (QED) is 0.783. The number of rotatable bonds is 5. The van der Waals surface area contributed by atoms with Crippen molar-refractivity contribution in [3.63, 3.8) is 0 Å². The zero-order valence-corrected chi connectivity index (χ0v) is 12.5. The largest absolute Gasteiger partial charge is 0.315 e. The molecule has 0 aromatic heterocycles. The molecule has 3 nitrogen and oxygen atoms in total. The lowest BCUT2D eigenvalue weighted by Crippen LogP contribution is -2.53. The van der Waals surface area contributed by atoms with E-state index in [4.69, 9.17) is 0 Å². The number of nitrogens with one attached hydrogen (secondary N) is 2. The van der Waals surface area contributed by atoms with Gasteiger partial charge in [0.15, 0.2) is 0 Å². The van der Waals surface area contributed by atoms with E-state index < -0.39 is 0 Å². The maximum Gasteiger partial charge on any atom is 0.0342 e. The minimum atomic E-state index is 0.632. The van der Waals surface area contributed by atoms with Crippen LogP contribution < -0.4 is 10.6 Å². The summed E-state index contributed by atoms with van der Waals surface area (Å²) in [5, 5.41) is 7.05. The Labute approximate surface area is 117 Å². The minimum absolute atomic E-state index is 0.632. The molecular formula is C16H27N3. The summed E-state index contributed by atoms with van der Waals surface area (Å²) in [5.41, 5.74) is 4.23. The normalized spacial score (nSPS) is 20.7. The topological polar surface area (TPSA) is 27.3 Å². The Morgan fingerprint density at radius 3 is 2.95 bits per heavy atom. The van der Waals surface area contributed by atoms with Gasteiger partial charge in [0.1, 0.15) is 0 Å². The molecule has 1 aromatic rings. The Balaban J connectivity index is 1.71. The third-order valence-electron chi connectivity index (χ3n) is 4.09. The molecule has 19 heavy (non-hydrogen) atoms. The summed E-state index contributed by atoms with van der Waals surface area (Å²) in [6.45, 7) is 9.89. The smallest absolute Gasteiger partial charge is 0.0342 e. The Morgan fingerprint density at radius 2 is 2.21 bits per heavy atom. The first-order valence-corrected chi connectivity index (χ1v) is 7.34. The Kier molecular flexibility index (Phi) is 5.37. The summed E-state index contributed by atoms with van der Waals surface area (Å²) in [7, 11) is 2.22. The van der Waals surface area contributed by atoms with Gasteiger partial charge >= 0.3 is 0 Å². The van der Waals surface area contributed by atoms with Crippen LogP contribution in [0.3, 0.4) is 0 Å². The lowest BCUT2D eigenvalue weighted by atomic mass is 10.0. The van der Waals surface area contributed by atoms with Crippen molar-refractivity contribution in [3.05, 3.63) is 34.9 Å². The van der Waals surface area contributed by atoms with Gasteiger partial charge < -0.3 is 10.6 Å². The first kappa shape index (κ1) is 14.5. The van der Waals surface area contributed by atoms with Crippen molar-refractivity contribution in [2.24, 2.45) is 0 Å². The molecule has 0 radical (unpaired) electrons. The third kappa shape index (κ3) is 4.30. The molecule has 1 aliphatic rings. The highest BCUT2D eigenvalue weighted by atomic mass is 15.2. The van der Waals surface area contributed by atoms with Gasteiger partial charge in [-0.3, -0.25) is 4.90 Å². The maximum atomic E-state index is 3.59. The molecule has 106 valence electrons. The van der Waals surface area contributed by atoms with Gasteiger partial charge in [0.05, 0.1) is 0 Å². The summed E-state index contributed by atoms with van der Waals surface area (Å²) < 4.78 is 0. The standard InChI is InChI=1S/C16H27N3/c1-13-4-5-15(14(2)10-13)6-7-17-11-16-12-18-8-9-19(16)3/h4-5,10,16-18H,6-9,11-12H2,1-3H3. The second-order valence-electron chi connectivity index (χ2n) is 5.72. The Hall–Kier alpha value is -0.900. The number of aryl methyl sites for hydroxylation is 2. The molecule has 1 aromatic carbocycles. The number of benzene rings is 1. The summed E-state index contributed by atoms with van der Waals surface area (Å²) in [6, 6.07) is 7.38. The molecule has 0 amide bonds. The van der Waals surface area contributed by atoms with Gasteiger partial charge in [0, 0.05) is 32.2 Å². The predicted molar refractivity (Wildman–Crippen MR) is 81.8 cm³/mol. The van der Waals surface area contributed by atoms with E-state index in [1.54, 1.807) is 0 Å². The summed E-state index contributed by atoms with van der Waals surface area (Å²) in [6.07, 6.45) is 1.12. The van der Waals surface area contributed by atoms with E-state index in [2.05, 4.69) is 54.6 Å². The van der Waals surface area contributed by atoms with Crippen molar-refractivity contribution < 1.29 is 0 Å². The highest BCUT2D eigenvalue weighted by Gasteiger charge is 2.17. The van der Waals surface area contributed by atoms with Crippen molar-refractivity contribution in [2.75, 3.05) is 39.8 Å². The first-order chi connectivity index (χ1) is 9.16. The van der Waals surface area contributed by atoms with Crippen LogP contribution in [-0.2, 0) is 6.42 Å². The lowest BCUT2D eigenvalue weighted by molar-refractivity contribution is 0.196. The van der Waals surface area contributed by atoms with E-state index in [9.17, 15) is 0 Å². The van der Waals surface area contributed by atoms with Crippen molar-refractivity contribution in [3.8, 4) is 0 Å². The van der Waals surface area contributed by atoms with Crippen LogP contribution in [0.4, 0.5) is 0 Å². The van der Waals surface area contributed by atoms with Crippen LogP contribution in [0.25, 0.3) is 0 Å². The number of piperazine rings is 1. The lowest BCUT2D eigenvalue weighted by Gasteiger charge is -2.33. The molecular weight excluding hydrogens is 234 g/mol. The van der Waals surface area contributed by atoms with Gasteiger partial charge in [0.25, 0.3) is 0 Å². The molecule has 3 heteroatoms. The Bertz CT molecular complexity index is 403. The van der Waals surface area contributed by atoms with Crippen LogP contribution in [-0.4, -0.2) is 50.7 Å². The van der Waals surface area contributed by atoms with Gasteiger partial charge in [-0.2, -0.15) is 0 Å². The van der Waals surface area contributed by atoms with Crippen LogP contribution >= 0.6 is 0 Å². The molecule has 2 rings (SSSR count). The number of hydrogen-bond donors (Lipinski definition) is 2. The van der Waals surface area contributed by atoms with Crippen LogP contribution in [0.15, 0.2) is 18.2 Å². The van der Waals surface area contributed by atoms with E-state index in [1.807, 2.05) is 0 Å². The number of likely N-dealkylation sites (N-methyl/N-ethyl adjacent to an activating group) is 1. The summed E-state index contributed by atoms with van der Waals surface area (Å²) >= 11 is 0. The highest BCUT2D eigenvalue weighted by molar-refractivity contribution is 5.30. The maximum absolute atomic E-state index is 3.59. The fourth-order valence-corrected chi connectivity index (χ4v) is 2.71. The van der Waals surface area contributed by atoms with Gasteiger partial charge in [-0.05, 0) is 45.0 Å². The number of hydrogen-bond acceptors (Lipinski definition) is 3. The fourth-order valence-electron chi connectivity index (χ4n) is 2.71. The summed E-state index contributed by atoms with van der Waals surface area (Å²) in [5.74, 6) is 0. The molecule has 1 saturated heterocycles. The van der Waals surface area contributed by atoms with E-state index >= 15 is 0 Å². The fraction of sp³-hybridized carbons (Fsp3) is 0.625. The Morgan fingerprint density at radius 1 is 1.37 bits per heavy atom. The van der Waals surface area contributed by atoms with Crippen molar-refractivity contribution in [1.29, 1.82) is 0 Å². The molecule has 0 aliphatic carbocycles. The second kappa shape index (κ2) is 7.04. The minimum Gasteiger partial charge on any atom is -0.315 e. The van der Waals surface area contributed by atoms with E-state index in [0.29, 0.717) is 6.04 Å². The van der Waals surface area contributed by atoms with Gasteiger partial charge in [0.2, 0.25) is 0 Å². The average Bonchev–Trinajstić information content (AvgIpc) is 2.38. The first-order valence-electron chi connectivity index (χ1n) is 7.34. The highest BCUT2D eigenvalue weighted by Crippen LogP contribution is 2.10. The molecule has 2 N–H and O–H groups in total. The van der Waals surface area contributed by atoms with Gasteiger partial charge in [-0.15, -0.1) is 0 Å². The molecule has 1 atom stereocenters. The van der Waals surface area contributed by atoms with E-state index in [-0.39, 0.29) is 0 Å². The van der Waals surface area contributed by atoms with Gasteiger partial charge in [-0.1, -0.05) is 23.8 Å². The molecule has 1 heterocycles. The van der Waals surface area contributed by atoms with Crippen LogP contribution in [0, 0.1) is 13.8 Å². The van der Waals surface area contributed by atoms with E-state index in [0.717, 1.165) is 39.1 Å². The molecule has 1 fully saturated rings. The SMILES string of the molecule is Cc1ccc(CCNCC2CNCCN2C)c(C)c1. The third-order valence-corrected chi connectivity index (χ3v) is 4.09. The predicted octanol–water partition coefficient (Wildman–Crippen LogP) is 1.34. The van der Waals surface area contributed by atoms with Crippen LogP contribution in [0.5, 0.6) is 0 Å². The van der Waals surface area contributed by atoms with Crippen molar-refractivity contribution in [1.82, 2.24) is 15.5 Å². The van der Waals surface area contributed by atoms with Crippen molar-refractivity contribution in [2.45, 2.75) is 26.3 Å². The summed E-state index contributed by atoms with van der Waals surface area (Å²) in [4.78, 5) is 2.45. The number of nitrogens with zero attached hydrogens (tertiary/aromatic N) is 1.